The molecule has 2 saturated heterocycles. The van der Waals surface area contributed by atoms with E-state index in [1.54, 1.807) is 0 Å². The monoisotopic (exact) mass is 258 g/mol. The van der Waals surface area contributed by atoms with E-state index in [1.165, 1.54) is 62.3 Å². The van der Waals surface area contributed by atoms with Gasteiger partial charge in [0.15, 0.2) is 0 Å². The second kappa shape index (κ2) is 5.54. The van der Waals surface area contributed by atoms with E-state index < -0.39 is 0 Å². The zero-order valence-electron chi connectivity index (χ0n) is 12.3. The number of benzene rings is 1. The summed E-state index contributed by atoms with van der Waals surface area (Å²) >= 11 is 0. The quantitative estimate of drug-likeness (QED) is 0.877. The molecule has 2 nitrogen and oxygen atoms in total. The first-order chi connectivity index (χ1) is 9.24. The third-order valence-corrected chi connectivity index (χ3v) is 5.16. The zero-order chi connectivity index (χ0) is 13.2. The minimum atomic E-state index is 0.946. The molecule has 19 heavy (non-hydrogen) atoms. The molecule has 1 atom stereocenters. The van der Waals surface area contributed by atoms with Crippen molar-refractivity contribution < 1.29 is 0 Å². The number of nitrogens with one attached hydrogen (secondary N) is 1. The fourth-order valence-electron chi connectivity index (χ4n) is 3.63. The SMILES string of the molecule is Cc1ccc(N2CCC(C3CCNC3)CC2)cc1C. The van der Waals surface area contributed by atoms with Gasteiger partial charge in [-0.15, -0.1) is 0 Å². The van der Waals surface area contributed by atoms with Crippen molar-refractivity contribution in [2.75, 3.05) is 31.1 Å². The van der Waals surface area contributed by atoms with Crippen molar-refractivity contribution in [2.45, 2.75) is 33.1 Å². The van der Waals surface area contributed by atoms with Gasteiger partial charge in [-0.3, -0.25) is 0 Å². The Bertz CT molecular complexity index is 427. The molecule has 1 aromatic rings. The molecule has 0 amide bonds. The molecule has 0 aliphatic carbocycles. The zero-order valence-corrected chi connectivity index (χ0v) is 12.3. The minimum Gasteiger partial charge on any atom is -0.372 e. The lowest BCUT2D eigenvalue weighted by molar-refractivity contribution is 0.292. The predicted molar refractivity (Wildman–Crippen MR) is 81.8 cm³/mol. The lowest BCUT2D eigenvalue weighted by Gasteiger charge is -2.36. The first-order valence-corrected chi connectivity index (χ1v) is 7.77. The van der Waals surface area contributed by atoms with Gasteiger partial charge in [0.25, 0.3) is 0 Å². The van der Waals surface area contributed by atoms with Crippen LogP contribution in [-0.4, -0.2) is 26.2 Å². The van der Waals surface area contributed by atoms with Crippen molar-refractivity contribution in [3.8, 4) is 0 Å². The number of rotatable bonds is 2. The fourth-order valence-corrected chi connectivity index (χ4v) is 3.63. The van der Waals surface area contributed by atoms with Gasteiger partial charge in [0, 0.05) is 18.8 Å². The first-order valence-electron chi connectivity index (χ1n) is 7.77. The summed E-state index contributed by atoms with van der Waals surface area (Å²) in [5.74, 6) is 1.90. The normalized spacial score (nSPS) is 24.9. The van der Waals surface area contributed by atoms with Crippen LogP contribution in [0.5, 0.6) is 0 Å². The summed E-state index contributed by atoms with van der Waals surface area (Å²) in [6, 6.07) is 6.91. The predicted octanol–water partition coefficient (Wildman–Crippen LogP) is 3.13. The molecule has 0 saturated carbocycles. The Morgan fingerprint density at radius 1 is 1.00 bits per heavy atom. The van der Waals surface area contributed by atoms with Crippen molar-refractivity contribution >= 4 is 5.69 Å². The number of hydrogen-bond donors (Lipinski definition) is 1. The Labute approximate surface area is 117 Å². The maximum absolute atomic E-state index is 3.51. The highest BCUT2D eigenvalue weighted by molar-refractivity contribution is 5.50. The van der Waals surface area contributed by atoms with Gasteiger partial charge in [-0.05, 0) is 81.3 Å². The molecule has 104 valence electrons. The average molecular weight is 258 g/mol. The minimum absolute atomic E-state index is 0.946. The van der Waals surface area contributed by atoms with E-state index in [-0.39, 0.29) is 0 Å². The Kier molecular flexibility index (Phi) is 3.79. The molecule has 3 rings (SSSR count). The largest absolute Gasteiger partial charge is 0.372 e. The highest BCUT2D eigenvalue weighted by atomic mass is 15.1. The van der Waals surface area contributed by atoms with Crippen molar-refractivity contribution in [1.29, 1.82) is 0 Å². The molecular weight excluding hydrogens is 232 g/mol. The van der Waals surface area contributed by atoms with Crippen LogP contribution in [0.4, 0.5) is 5.69 Å². The number of nitrogens with zero attached hydrogens (tertiary/aromatic N) is 1. The maximum Gasteiger partial charge on any atom is 0.0369 e. The Balaban J connectivity index is 1.61. The van der Waals surface area contributed by atoms with E-state index in [9.17, 15) is 0 Å². The Morgan fingerprint density at radius 2 is 1.79 bits per heavy atom. The van der Waals surface area contributed by atoms with E-state index in [1.807, 2.05) is 0 Å². The third-order valence-electron chi connectivity index (χ3n) is 5.16. The van der Waals surface area contributed by atoms with Crippen LogP contribution in [0.3, 0.4) is 0 Å². The summed E-state index contributed by atoms with van der Waals surface area (Å²) in [6.45, 7) is 9.39. The van der Waals surface area contributed by atoms with Gasteiger partial charge in [0.05, 0.1) is 0 Å². The van der Waals surface area contributed by atoms with Gasteiger partial charge in [0.2, 0.25) is 0 Å². The van der Waals surface area contributed by atoms with Gasteiger partial charge in [-0.25, -0.2) is 0 Å². The van der Waals surface area contributed by atoms with Crippen molar-refractivity contribution in [2.24, 2.45) is 11.8 Å². The van der Waals surface area contributed by atoms with Gasteiger partial charge >= 0.3 is 0 Å². The van der Waals surface area contributed by atoms with Crippen LogP contribution in [0.25, 0.3) is 0 Å². The van der Waals surface area contributed by atoms with E-state index in [2.05, 4.69) is 42.3 Å². The molecule has 0 bridgehead atoms. The molecule has 2 heterocycles. The lowest BCUT2D eigenvalue weighted by atomic mass is 9.83. The molecule has 0 aromatic heterocycles. The molecule has 1 aromatic carbocycles. The summed E-state index contributed by atoms with van der Waals surface area (Å²) in [5.41, 5.74) is 4.24. The number of aryl methyl sites for hydroxylation is 2. The molecule has 2 heteroatoms. The van der Waals surface area contributed by atoms with E-state index in [0.717, 1.165) is 11.8 Å². The van der Waals surface area contributed by atoms with Crippen LogP contribution >= 0.6 is 0 Å². The van der Waals surface area contributed by atoms with Crippen LogP contribution in [0.15, 0.2) is 18.2 Å². The second-order valence-corrected chi connectivity index (χ2v) is 6.35. The summed E-state index contributed by atoms with van der Waals surface area (Å²) < 4.78 is 0. The van der Waals surface area contributed by atoms with E-state index in [0.29, 0.717) is 0 Å². The highest BCUT2D eigenvalue weighted by Crippen LogP contribution is 2.31. The lowest BCUT2D eigenvalue weighted by Crippen LogP contribution is -2.36. The van der Waals surface area contributed by atoms with Gasteiger partial charge in [-0.2, -0.15) is 0 Å². The van der Waals surface area contributed by atoms with Crippen molar-refractivity contribution in [3.63, 3.8) is 0 Å². The average Bonchev–Trinajstić information content (AvgIpc) is 2.96. The smallest absolute Gasteiger partial charge is 0.0369 e. The molecule has 1 N–H and O–H groups in total. The van der Waals surface area contributed by atoms with E-state index >= 15 is 0 Å². The van der Waals surface area contributed by atoms with Crippen LogP contribution in [0, 0.1) is 25.7 Å². The number of hydrogen-bond acceptors (Lipinski definition) is 2. The second-order valence-electron chi connectivity index (χ2n) is 6.35. The Hall–Kier alpha value is -1.02. The van der Waals surface area contributed by atoms with Crippen LogP contribution in [-0.2, 0) is 0 Å². The van der Waals surface area contributed by atoms with E-state index in [4.69, 9.17) is 0 Å². The molecule has 2 aliphatic rings. The summed E-state index contributed by atoms with van der Waals surface area (Å²) in [7, 11) is 0. The first kappa shape index (κ1) is 13.0. The third kappa shape index (κ3) is 2.79. The maximum atomic E-state index is 3.51. The summed E-state index contributed by atoms with van der Waals surface area (Å²) in [4.78, 5) is 2.57. The molecule has 2 aliphatic heterocycles. The number of piperidine rings is 1. The molecule has 2 fully saturated rings. The molecule has 1 unspecified atom stereocenters. The summed E-state index contributed by atoms with van der Waals surface area (Å²) in [5, 5.41) is 3.51. The molecule has 0 spiro atoms. The van der Waals surface area contributed by atoms with Crippen LogP contribution in [0.1, 0.15) is 30.4 Å². The van der Waals surface area contributed by atoms with Crippen LogP contribution in [0.2, 0.25) is 0 Å². The van der Waals surface area contributed by atoms with Crippen molar-refractivity contribution in [1.82, 2.24) is 5.32 Å². The standard InChI is InChI=1S/C17H26N2/c1-13-3-4-17(11-14(13)2)19-9-6-15(7-10-19)16-5-8-18-12-16/h3-4,11,15-16,18H,5-10,12H2,1-2H3. The van der Waals surface area contributed by atoms with Gasteiger partial charge in [-0.1, -0.05) is 6.07 Å². The molecule has 0 radical (unpaired) electrons. The molecular formula is C17H26N2. The summed E-state index contributed by atoms with van der Waals surface area (Å²) in [6.07, 6.45) is 4.15. The topological polar surface area (TPSA) is 15.3 Å². The highest BCUT2D eigenvalue weighted by Gasteiger charge is 2.28. The fraction of sp³-hybridized carbons (Fsp3) is 0.647. The van der Waals surface area contributed by atoms with Gasteiger partial charge < -0.3 is 10.2 Å². The van der Waals surface area contributed by atoms with Crippen LogP contribution < -0.4 is 10.2 Å². The van der Waals surface area contributed by atoms with Crippen molar-refractivity contribution in [3.05, 3.63) is 29.3 Å². The number of anilines is 1. The Morgan fingerprint density at radius 3 is 2.42 bits per heavy atom. The van der Waals surface area contributed by atoms with Gasteiger partial charge in [0.1, 0.15) is 0 Å².